The molecule has 0 aliphatic carbocycles. The zero-order valence-electron chi connectivity index (χ0n) is 11.3. The summed E-state index contributed by atoms with van der Waals surface area (Å²) in [5.74, 6) is 0. The number of rotatable bonds is 2. The number of aryl methyl sites for hydroxylation is 2. The number of benzene rings is 1. The molecule has 1 aliphatic rings. The van der Waals surface area contributed by atoms with Crippen molar-refractivity contribution in [1.29, 1.82) is 0 Å². The Hall–Kier alpha value is -0.860. The van der Waals surface area contributed by atoms with Gasteiger partial charge in [0.2, 0.25) is 0 Å². The van der Waals surface area contributed by atoms with Crippen LogP contribution in [0.1, 0.15) is 43.1 Å². The highest BCUT2D eigenvalue weighted by molar-refractivity contribution is 5.32. The molecular formula is C15H23NO. The van der Waals surface area contributed by atoms with Gasteiger partial charge in [0.1, 0.15) is 0 Å². The number of morpholine rings is 1. The van der Waals surface area contributed by atoms with Crippen molar-refractivity contribution < 1.29 is 4.74 Å². The predicted molar refractivity (Wildman–Crippen MR) is 71.3 cm³/mol. The summed E-state index contributed by atoms with van der Waals surface area (Å²) in [6.45, 7) is 10.4. The van der Waals surface area contributed by atoms with Crippen LogP contribution in [-0.2, 0) is 4.74 Å². The zero-order chi connectivity index (χ0) is 12.5. The van der Waals surface area contributed by atoms with Crippen molar-refractivity contribution in [1.82, 2.24) is 5.32 Å². The van der Waals surface area contributed by atoms with E-state index in [1.54, 1.807) is 0 Å². The van der Waals surface area contributed by atoms with Crippen LogP contribution >= 0.6 is 0 Å². The largest absolute Gasteiger partial charge is 0.370 e. The molecule has 2 rings (SSSR count). The highest BCUT2D eigenvalue weighted by atomic mass is 16.5. The molecule has 0 spiro atoms. The molecule has 2 nitrogen and oxygen atoms in total. The first-order chi connectivity index (χ1) is 8.04. The molecule has 2 unspecified atom stereocenters. The van der Waals surface area contributed by atoms with Gasteiger partial charge in [0.05, 0.1) is 12.7 Å². The van der Waals surface area contributed by atoms with E-state index in [0.717, 1.165) is 19.6 Å². The summed E-state index contributed by atoms with van der Waals surface area (Å²) >= 11 is 0. The second-order valence-corrected chi connectivity index (χ2v) is 5.45. The van der Waals surface area contributed by atoms with Gasteiger partial charge in [-0.15, -0.1) is 0 Å². The van der Waals surface area contributed by atoms with Crippen molar-refractivity contribution in [3.63, 3.8) is 0 Å². The SMILES string of the molecule is CCC1(C)COC(c2cc(C)ccc2C)CN1. The first-order valence-corrected chi connectivity index (χ1v) is 6.48. The third-order valence-electron chi connectivity index (χ3n) is 3.88. The van der Waals surface area contributed by atoms with Gasteiger partial charge in [0.15, 0.2) is 0 Å². The van der Waals surface area contributed by atoms with Crippen LogP contribution in [0, 0.1) is 13.8 Å². The molecule has 1 N–H and O–H groups in total. The summed E-state index contributed by atoms with van der Waals surface area (Å²) in [6.07, 6.45) is 1.31. The maximum atomic E-state index is 6.04. The Labute approximate surface area is 104 Å². The van der Waals surface area contributed by atoms with Crippen LogP contribution in [0.4, 0.5) is 0 Å². The third kappa shape index (κ3) is 2.70. The van der Waals surface area contributed by atoms with Gasteiger partial charge in [-0.05, 0) is 38.3 Å². The molecule has 0 saturated carbocycles. The van der Waals surface area contributed by atoms with E-state index >= 15 is 0 Å². The van der Waals surface area contributed by atoms with Crippen molar-refractivity contribution in [2.75, 3.05) is 13.2 Å². The lowest BCUT2D eigenvalue weighted by atomic mass is 9.94. The number of hydrogen-bond acceptors (Lipinski definition) is 2. The predicted octanol–water partition coefficient (Wildman–Crippen LogP) is 3.13. The molecule has 1 aromatic rings. The Balaban J connectivity index is 2.13. The molecule has 0 aromatic heterocycles. The lowest BCUT2D eigenvalue weighted by Crippen LogP contribution is -2.52. The van der Waals surface area contributed by atoms with Crippen LogP contribution in [0.5, 0.6) is 0 Å². The van der Waals surface area contributed by atoms with Gasteiger partial charge in [0.25, 0.3) is 0 Å². The average Bonchev–Trinajstić information content (AvgIpc) is 2.34. The van der Waals surface area contributed by atoms with Gasteiger partial charge in [-0.2, -0.15) is 0 Å². The van der Waals surface area contributed by atoms with Crippen LogP contribution in [0.15, 0.2) is 18.2 Å². The summed E-state index contributed by atoms with van der Waals surface area (Å²) in [5.41, 5.74) is 4.10. The molecule has 1 fully saturated rings. The summed E-state index contributed by atoms with van der Waals surface area (Å²) in [5, 5.41) is 3.62. The number of nitrogens with one attached hydrogen (secondary N) is 1. The number of hydrogen-bond donors (Lipinski definition) is 1. The highest BCUT2D eigenvalue weighted by Crippen LogP contribution is 2.27. The van der Waals surface area contributed by atoms with Crippen LogP contribution in [0.2, 0.25) is 0 Å². The highest BCUT2D eigenvalue weighted by Gasteiger charge is 2.30. The Kier molecular flexibility index (Phi) is 3.55. The van der Waals surface area contributed by atoms with Gasteiger partial charge in [-0.1, -0.05) is 30.7 Å². The van der Waals surface area contributed by atoms with E-state index in [9.17, 15) is 0 Å². The molecule has 2 atom stereocenters. The van der Waals surface area contributed by atoms with E-state index in [1.165, 1.54) is 16.7 Å². The van der Waals surface area contributed by atoms with Crippen LogP contribution in [0.25, 0.3) is 0 Å². The maximum Gasteiger partial charge on any atom is 0.0953 e. The van der Waals surface area contributed by atoms with Crippen molar-refractivity contribution in [3.05, 3.63) is 34.9 Å². The van der Waals surface area contributed by atoms with Gasteiger partial charge in [-0.3, -0.25) is 0 Å². The second-order valence-electron chi connectivity index (χ2n) is 5.45. The molecule has 17 heavy (non-hydrogen) atoms. The van der Waals surface area contributed by atoms with Crippen molar-refractivity contribution in [2.45, 2.75) is 45.8 Å². The monoisotopic (exact) mass is 233 g/mol. The van der Waals surface area contributed by atoms with E-state index in [0.29, 0.717) is 0 Å². The molecule has 2 heteroatoms. The van der Waals surface area contributed by atoms with Crippen LogP contribution < -0.4 is 5.32 Å². The Bertz CT molecular complexity index is 392. The fraction of sp³-hybridized carbons (Fsp3) is 0.600. The Morgan fingerprint density at radius 1 is 1.41 bits per heavy atom. The standard InChI is InChI=1S/C15H23NO/c1-5-15(4)10-17-14(9-16-15)13-8-11(2)6-7-12(13)3/h6-8,14,16H,5,9-10H2,1-4H3. The first-order valence-electron chi connectivity index (χ1n) is 6.48. The maximum absolute atomic E-state index is 6.04. The van der Waals surface area contributed by atoms with Crippen LogP contribution in [0.3, 0.4) is 0 Å². The molecule has 0 bridgehead atoms. The summed E-state index contributed by atoms with van der Waals surface area (Å²) < 4.78 is 6.04. The minimum Gasteiger partial charge on any atom is -0.370 e. The smallest absolute Gasteiger partial charge is 0.0953 e. The van der Waals surface area contributed by atoms with Gasteiger partial charge < -0.3 is 10.1 Å². The molecule has 1 aromatic carbocycles. The van der Waals surface area contributed by atoms with E-state index in [1.807, 2.05) is 0 Å². The molecule has 1 aliphatic heterocycles. The van der Waals surface area contributed by atoms with Gasteiger partial charge in [0, 0.05) is 12.1 Å². The molecule has 1 heterocycles. The van der Waals surface area contributed by atoms with Gasteiger partial charge in [-0.25, -0.2) is 0 Å². The van der Waals surface area contributed by atoms with E-state index in [-0.39, 0.29) is 11.6 Å². The number of ether oxygens (including phenoxy) is 1. The Morgan fingerprint density at radius 3 is 2.76 bits per heavy atom. The molecule has 0 amide bonds. The van der Waals surface area contributed by atoms with Gasteiger partial charge >= 0.3 is 0 Å². The van der Waals surface area contributed by atoms with E-state index < -0.39 is 0 Å². The first kappa shape index (κ1) is 12.6. The molecular weight excluding hydrogens is 210 g/mol. The normalized spacial score (nSPS) is 29.3. The van der Waals surface area contributed by atoms with Crippen molar-refractivity contribution in [3.8, 4) is 0 Å². The average molecular weight is 233 g/mol. The van der Waals surface area contributed by atoms with Crippen LogP contribution in [-0.4, -0.2) is 18.7 Å². The fourth-order valence-electron chi connectivity index (χ4n) is 2.27. The minimum absolute atomic E-state index is 0.147. The zero-order valence-corrected chi connectivity index (χ0v) is 11.3. The fourth-order valence-corrected chi connectivity index (χ4v) is 2.27. The summed E-state index contributed by atoms with van der Waals surface area (Å²) in [7, 11) is 0. The summed E-state index contributed by atoms with van der Waals surface area (Å²) in [6, 6.07) is 6.59. The Morgan fingerprint density at radius 2 is 2.18 bits per heavy atom. The summed E-state index contributed by atoms with van der Waals surface area (Å²) in [4.78, 5) is 0. The van der Waals surface area contributed by atoms with E-state index in [2.05, 4.69) is 51.2 Å². The lowest BCUT2D eigenvalue weighted by molar-refractivity contribution is -0.0302. The molecule has 94 valence electrons. The van der Waals surface area contributed by atoms with E-state index in [4.69, 9.17) is 4.74 Å². The van der Waals surface area contributed by atoms with Crippen molar-refractivity contribution in [2.24, 2.45) is 0 Å². The quantitative estimate of drug-likeness (QED) is 0.847. The molecule has 0 radical (unpaired) electrons. The third-order valence-corrected chi connectivity index (χ3v) is 3.88. The second kappa shape index (κ2) is 4.79. The molecule has 1 saturated heterocycles. The minimum atomic E-state index is 0.147. The topological polar surface area (TPSA) is 21.3 Å². The lowest BCUT2D eigenvalue weighted by Gasteiger charge is -2.38. The van der Waals surface area contributed by atoms with Crippen molar-refractivity contribution >= 4 is 0 Å².